The average Bonchev–Trinajstić information content (AvgIpc) is 2.80. The van der Waals surface area contributed by atoms with E-state index in [-0.39, 0.29) is 5.91 Å². The largest absolute Gasteiger partial charge is 0.494 e. The normalized spacial score (nSPS) is 10.8. The zero-order chi connectivity index (χ0) is 21.9. The number of ether oxygens (including phenoxy) is 2. The van der Waals surface area contributed by atoms with E-state index in [9.17, 15) is 4.79 Å². The Morgan fingerprint density at radius 1 is 0.903 bits per heavy atom. The zero-order valence-corrected chi connectivity index (χ0v) is 18.0. The summed E-state index contributed by atoms with van der Waals surface area (Å²) in [5, 5.41) is 4.03. The van der Waals surface area contributed by atoms with Crippen molar-refractivity contribution in [3.05, 3.63) is 95.1 Å². The topological polar surface area (TPSA) is 59.9 Å². The van der Waals surface area contributed by atoms with E-state index in [0.29, 0.717) is 17.9 Å². The van der Waals surface area contributed by atoms with Crippen LogP contribution in [0.5, 0.6) is 11.5 Å². The molecular formula is C26H28N2O3. The number of unbranched alkanes of at least 4 members (excludes halogenated alkanes) is 1. The van der Waals surface area contributed by atoms with Crippen LogP contribution in [0.4, 0.5) is 0 Å². The highest BCUT2D eigenvalue weighted by Gasteiger charge is 2.05. The number of carbonyl (C=O) groups is 1. The van der Waals surface area contributed by atoms with E-state index < -0.39 is 0 Å². The predicted octanol–water partition coefficient (Wildman–Crippen LogP) is 5.52. The van der Waals surface area contributed by atoms with Crippen LogP contribution >= 0.6 is 0 Å². The molecule has 0 saturated carbocycles. The highest BCUT2D eigenvalue weighted by Crippen LogP contribution is 2.15. The molecule has 0 aliphatic heterocycles. The van der Waals surface area contributed by atoms with Crippen LogP contribution < -0.4 is 14.9 Å². The lowest BCUT2D eigenvalue weighted by Gasteiger charge is -2.07. The minimum absolute atomic E-state index is 0.277. The van der Waals surface area contributed by atoms with Crippen molar-refractivity contribution in [1.29, 1.82) is 0 Å². The summed E-state index contributed by atoms with van der Waals surface area (Å²) in [5.74, 6) is 1.27. The minimum atomic E-state index is -0.277. The lowest BCUT2D eigenvalue weighted by molar-refractivity contribution is 0.0955. The first kappa shape index (κ1) is 22.1. The number of amides is 1. The van der Waals surface area contributed by atoms with Crippen LogP contribution in [0.15, 0.2) is 77.9 Å². The molecule has 0 unspecified atom stereocenters. The molecular weight excluding hydrogens is 388 g/mol. The maximum Gasteiger partial charge on any atom is 0.271 e. The van der Waals surface area contributed by atoms with Gasteiger partial charge in [0.25, 0.3) is 5.91 Å². The summed E-state index contributed by atoms with van der Waals surface area (Å²) in [6.45, 7) is 5.39. The van der Waals surface area contributed by atoms with Crippen LogP contribution in [0.3, 0.4) is 0 Å². The van der Waals surface area contributed by atoms with Crippen molar-refractivity contribution >= 4 is 12.1 Å². The van der Waals surface area contributed by atoms with E-state index in [1.807, 2.05) is 36.4 Å². The summed E-state index contributed by atoms with van der Waals surface area (Å²) in [4.78, 5) is 12.3. The second-order valence-corrected chi connectivity index (χ2v) is 7.27. The van der Waals surface area contributed by atoms with Gasteiger partial charge in [-0.3, -0.25) is 4.79 Å². The summed E-state index contributed by atoms with van der Waals surface area (Å²) in [7, 11) is 0. The van der Waals surface area contributed by atoms with Gasteiger partial charge in [0.1, 0.15) is 18.1 Å². The van der Waals surface area contributed by atoms with Gasteiger partial charge >= 0.3 is 0 Å². The fraction of sp³-hybridized carbons (Fsp3) is 0.231. The molecule has 31 heavy (non-hydrogen) atoms. The number of hydrazone groups is 1. The van der Waals surface area contributed by atoms with Gasteiger partial charge in [0.2, 0.25) is 0 Å². The summed E-state index contributed by atoms with van der Waals surface area (Å²) in [6.07, 6.45) is 3.75. The fourth-order valence-corrected chi connectivity index (χ4v) is 2.77. The lowest BCUT2D eigenvalue weighted by atomic mass is 10.2. The molecule has 1 amide bonds. The number of hydrogen-bond acceptors (Lipinski definition) is 4. The van der Waals surface area contributed by atoms with E-state index >= 15 is 0 Å². The zero-order valence-electron chi connectivity index (χ0n) is 18.0. The van der Waals surface area contributed by atoms with Crippen LogP contribution in [0.2, 0.25) is 0 Å². The molecule has 0 aliphatic rings. The molecule has 0 bridgehead atoms. The highest BCUT2D eigenvalue weighted by molar-refractivity contribution is 5.95. The SMILES string of the molecule is CCCCOc1ccc(/C=N\NC(=O)c2ccc(OCc3ccc(C)cc3)cc2)cc1. The minimum Gasteiger partial charge on any atom is -0.494 e. The monoisotopic (exact) mass is 416 g/mol. The molecule has 0 atom stereocenters. The lowest BCUT2D eigenvalue weighted by Crippen LogP contribution is -2.17. The van der Waals surface area contributed by atoms with Crippen molar-refractivity contribution < 1.29 is 14.3 Å². The maximum absolute atomic E-state index is 12.3. The Labute approximate surface area is 183 Å². The van der Waals surface area contributed by atoms with Crippen LogP contribution in [0.1, 0.15) is 46.8 Å². The molecule has 0 fully saturated rings. The number of rotatable bonds is 10. The molecule has 5 heteroatoms. The fourth-order valence-electron chi connectivity index (χ4n) is 2.77. The van der Waals surface area contributed by atoms with Gasteiger partial charge in [-0.15, -0.1) is 0 Å². The molecule has 1 N–H and O–H groups in total. The van der Waals surface area contributed by atoms with E-state index in [0.717, 1.165) is 36.3 Å². The van der Waals surface area contributed by atoms with Crippen molar-refractivity contribution in [3.63, 3.8) is 0 Å². The van der Waals surface area contributed by atoms with Crippen LogP contribution in [0, 0.1) is 6.92 Å². The number of carbonyl (C=O) groups excluding carboxylic acids is 1. The Hall–Kier alpha value is -3.60. The van der Waals surface area contributed by atoms with E-state index in [4.69, 9.17) is 9.47 Å². The third kappa shape index (κ3) is 7.30. The molecule has 0 radical (unpaired) electrons. The third-order valence-corrected chi connectivity index (χ3v) is 4.67. The van der Waals surface area contributed by atoms with Gasteiger partial charge in [-0.1, -0.05) is 43.2 Å². The average molecular weight is 417 g/mol. The first-order chi connectivity index (χ1) is 15.1. The molecule has 5 nitrogen and oxygen atoms in total. The summed E-state index contributed by atoms with van der Waals surface area (Å²) in [5.41, 5.74) is 6.25. The molecule has 0 saturated heterocycles. The van der Waals surface area contributed by atoms with Crippen molar-refractivity contribution in [2.24, 2.45) is 5.10 Å². The molecule has 3 rings (SSSR count). The number of nitrogens with one attached hydrogen (secondary N) is 1. The predicted molar refractivity (Wildman–Crippen MR) is 124 cm³/mol. The van der Waals surface area contributed by atoms with Gasteiger partial charge in [-0.25, -0.2) is 5.43 Å². The van der Waals surface area contributed by atoms with Crippen molar-refractivity contribution in [2.75, 3.05) is 6.61 Å². The Morgan fingerprint density at radius 3 is 2.23 bits per heavy atom. The van der Waals surface area contributed by atoms with E-state index in [2.05, 4.69) is 36.5 Å². The molecule has 0 aliphatic carbocycles. The van der Waals surface area contributed by atoms with Gasteiger partial charge in [0.15, 0.2) is 0 Å². The molecule has 3 aromatic carbocycles. The number of hydrogen-bond donors (Lipinski definition) is 1. The molecule has 3 aromatic rings. The quantitative estimate of drug-likeness (QED) is 0.269. The molecule has 0 spiro atoms. The molecule has 0 heterocycles. The van der Waals surface area contributed by atoms with Gasteiger partial charge in [-0.05, 0) is 73.0 Å². The Bertz CT molecular complexity index is 979. The number of nitrogens with zero attached hydrogens (tertiary/aromatic N) is 1. The van der Waals surface area contributed by atoms with Crippen molar-refractivity contribution in [3.8, 4) is 11.5 Å². The summed E-state index contributed by atoms with van der Waals surface area (Å²) >= 11 is 0. The van der Waals surface area contributed by atoms with Gasteiger partial charge in [0.05, 0.1) is 12.8 Å². The Balaban J connectivity index is 1.46. The van der Waals surface area contributed by atoms with E-state index in [1.165, 1.54) is 5.56 Å². The third-order valence-electron chi connectivity index (χ3n) is 4.67. The van der Waals surface area contributed by atoms with Crippen LogP contribution in [0.25, 0.3) is 0 Å². The first-order valence-corrected chi connectivity index (χ1v) is 10.5. The van der Waals surface area contributed by atoms with Crippen LogP contribution in [-0.2, 0) is 6.61 Å². The Kier molecular flexibility index (Phi) is 8.23. The van der Waals surface area contributed by atoms with Crippen molar-refractivity contribution in [1.82, 2.24) is 5.43 Å². The second kappa shape index (κ2) is 11.6. The maximum atomic E-state index is 12.3. The van der Waals surface area contributed by atoms with Gasteiger partial charge in [0, 0.05) is 5.56 Å². The number of aryl methyl sites for hydroxylation is 1. The van der Waals surface area contributed by atoms with Crippen molar-refractivity contribution in [2.45, 2.75) is 33.3 Å². The highest BCUT2D eigenvalue weighted by atomic mass is 16.5. The molecule has 160 valence electrons. The Morgan fingerprint density at radius 2 is 1.55 bits per heavy atom. The number of benzene rings is 3. The molecule has 0 aromatic heterocycles. The first-order valence-electron chi connectivity index (χ1n) is 10.5. The second-order valence-electron chi connectivity index (χ2n) is 7.27. The van der Waals surface area contributed by atoms with E-state index in [1.54, 1.807) is 30.5 Å². The van der Waals surface area contributed by atoms with Crippen LogP contribution in [-0.4, -0.2) is 18.7 Å². The summed E-state index contributed by atoms with van der Waals surface area (Å²) in [6, 6.07) is 22.8. The standard InChI is InChI=1S/C26H28N2O3/c1-3-4-17-30-24-13-9-21(10-14-24)18-27-28-26(29)23-11-15-25(16-12-23)31-19-22-7-5-20(2)6-8-22/h5-16,18H,3-4,17,19H2,1-2H3,(H,28,29)/b27-18-. The summed E-state index contributed by atoms with van der Waals surface area (Å²) < 4.78 is 11.4. The van der Waals surface area contributed by atoms with Gasteiger partial charge in [-0.2, -0.15) is 5.10 Å². The smallest absolute Gasteiger partial charge is 0.271 e. The van der Waals surface area contributed by atoms with Gasteiger partial charge < -0.3 is 9.47 Å².